The van der Waals surface area contributed by atoms with Gasteiger partial charge in [-0.15, -0.1) is 0 Å². The fraction of sp³-hybridized carbons (Fsp3) is 0.105. The molecule has 1 saturated heterocycles. The fourth-order valence-electron chi connectivity index (χ4n) is 2.64. The summed E-state index contributed by atoms with van der Waals surface area (Å²) in [6, 6.07) is 10.3. The van der Waals surface area contributed by atoms with Gasteiger partial charge >= 0.3 is 0 Å². The van der Waals surface area contributed by atoms with Crippen molar-refractivity contribution in [2.45, 2.75) is 17.9 Å². The van der Waals surface area contributed by atoms with Crippen LogP contribution in [0.5, 0.6) is 0 Å². The third-order valence-electron chi connectivity index (χ3n) is 4.23. The number of nitrogens with one attached hydrogen (secondary N) is 1. The second-order valence-corrected chi connectivity index (χ2v) is 9.55. The Bertz CT molecular complexity index is 1160. The number of nitrogens with two attached hydrogens (primary N) is 1. The van der Waals surface area contributed by atoms with Crippen LogP contribution in [0.15, 0.2) is 58.3 Å². The number of carbonyl (C=O) groups is 2. The molecule has 0 radical (unpaired) electrons. The van der Waals surface area contributed by atoms with Gasteiger partial charge in [0, 0.05) is 11.3 Å². The van der Waals surface area contributed by atoms with E-state index in [1.807, 2.05) is 0 Å². The number of hydrogen-bond donors (Lipinski definition) is 2. The minimum atomic E-state index is -3.85. The van der Waals surface area contributed by atoms with Crippen LogP contribution in [0.25, 0.3) is 6.08 Å². The lowest BCUT2D eigenvalue weighted by molar-refractivity contribution is -0.129. The van der Waals surface area contributed by atoms with Crippen molar-refractivity contribution in [2.75, 3.05) is 5.32 Å². The van der Waals surface area contributed by atoms with Crippen molar-refractivity contribution in [3.63, 3.8) is 0 Å². The van der Waals surface area contributed by atoms with Gasteiger partial charge in [0.2, 0.25) is 15.9 Å². The SMILES string of the molecule is CC(C(=O)Nc1ccc(S(N)(=O)=O)cc1)N1C(=O)/C(=C/c2ccccc2F)SC1=S. The number of rotatable bonds is 5. The topological polar surface area (TPSA) is 110 Å². The molecule has 2 amide bonds. The summed E-state index contributed by atoms with van der Waals surface area (Å²) in [4.78, 5) is 26.6. The van der Waals surface area contributed by atoms with Crippen LogP contribution in [0.3, 0.4) is 0 Å². The Morgan fingerprint density at radius 3 is 2.47 bits per heavy atom. The third kappa shape index (κ3) is 4.75. The Balaban J connectivity index is 1.75. The predicted octanol–water partition coefficient (Wildman–Crippen LogP) is 2.70. The molecule has 2 aromatic carbocycles. The van der Waals surface area contributed by atoms with E-state index in [9.17, 15) is 22.4 Å². The van der Waals surface area contributed by atoms with Gasteiger partial charge in [-0.05, 0) is 43.3 Å². The molecule has 11 heteroatoms. The highest BCUT2D eigenvalue weighted by Crippen LogP contribution is 2.34. The van der Waals surface area contributed by atoms with E-state index in [1.165, 1.54) is 49.4 Å². The third-order valence-corrected chi connectivity index (χ3v) is 6.49. The van der Waals surface area contributed by atoms with E-state index in [0.29, 0.717) is 5.69 Å². The van der Waals surface area contributed by atoms with Crippen molar-refractivity contribution in [1.82, 2.24) is 4.90 Å². The largest absolute Gasteiger partial charge is 0.324 e. The lowest BCUT2D eigenvalue weighted by atomic mass is 10.2. The quantitative estimate of drug-likeness (QED) is 0.519. The molecule has 1 aliphatic rings. The average molecular weight is 466 g/mol. The molecule has 0 bridgehead atoms. The average Bonchev–Trinajstić information content (AvgIpc) is 2.96. The number of sulfonamides is 1. The molecule has 0 spiro atoms. The minimum Gasteiger partial charge on any atom is -0.324 e. The summed E-state index contributed by atoms with van der Waals surface area (Å²) in [6.45, 7) is 1.50. The standard InChI is InChI=1S/C19H16FN3O4S3/c1-11(17(24)22-13-6-8-14(9-7-13)30(21,26)27)23-18(25)16(29-19(23)28)10-12-4-2-3-5-15(12)20/h2-11H,1H3,(H,22,24)(H2,21,26,27)/b16-10-. The van der Waals surface area contributed by atoms with Crippen LogP contribution >= 0.6 is 24.0 Å². The number of nitrogens with zero attached hydrogens (tertiary/aromatic N) is 1. The molecule has 7 nitrogen and oxygen atoms in total. The van der Waals surface area contributed by atoms with E-state index in [0.717, 1.165) is 16.7 Å². The number of halogens is 1. The van der Waals surface area contributed by atoms with Crippen molar-refractivity contribution in [1.29, 1.82) is 0 Å². The molecule has 30 heavy (non-hydrogen) atoms. The molecule has 1 aliphatic heterocycles. The molecule has 1 heterocycles. The van der Waals surface area contributed by atoms with Crippen LogP contribution in [0, 0.1) is 5.82 Å². The second kappa shape index (κ2) is 8.64. The number of anilines is 1. The predicted molar refractivity (Wildman–Crippen MR) is 117 cm³/mol. The van der Waals surface area contributed by atoms with E-state index < -0.39 is 33.7 Å². The first-order valence-electron chi connectivity index (χ1n) is 8.53. The number of thioether (sulfide) groups is 1. The first-order valence-corrected chi connectivity index (χ1v) is 11.3. The van der Waals surface area contributed by atoms with Crippen LogP contribution in [-0.2, 0) is 19.6 Å². The Morgan fingerprint density at radius 1 is 1.23 bits per heavy atom. The van der Waals surface area contributed by atoms with E-state index in [1.54, 1.807) is 12.1 Å². The van der Waals surface area contributed by atoms with Gasteiger partial charge < -0.3 is 5.32 Å². The highest BCUT2D eigenvalue weighted by molar-refractivity contribution is 8.26. The Morgan fingerprint density at radius 2 is 1.87 bits per heavy atom. The molecule has 0 saturated carbocycles. The number of thiocarbonyl (C=S) groups is 1. The lowest BCUT2D eigenvalue weighted by Crippen LogP contribution is -2.44. The molecular formula is C19H16FN3O4S3. The molecule has 2 aromatic rings. The van der Waals surface area contributed by atoms with Gasteiger partial charge in [0.05, 0.1) is 9.80 Å². The summed E-state index contributed by atoms with van der Waals surface area (Å²) < 4.78 is 36.7. The maximum absolute atomic E-state index is 13.9. The first-order chi connectivity index (χ1) is 14.1. The maximum atomic E-state index is 13.9. The molecule has 1 atom stereocenters. The summed E-state index contributed by atoms with van der Waals surface area (Å²) in [7, 11) is -3.85. The van der Waals surface area contributed by atoms with Crippen LogP contribution in [0.1, 0.15) is 12.5 Å². The second-order valence-electron chi connectivity index (χ2n) is 6.31. The molecule has 1 unspecified atom stereocenters. The summed E-state index contributed by atoms with van der Waals surface area (Å²) in [5, 5.41) is 7.64. The lowest BCUT2D eigenvalue weighted by Gasteiger charge is -2.22. The van der Waals surface area contributed by atoms with Gasteiger partial charge in [0.25, 0.3) is 5.91 Å². The van der Waals surface area contributed by atoms with Crippen LogP contribution in [0.2, 0.25) is 0 Å². The molecule has 3 N–H and O–H groups in total. The Kier molecular flexibility index (Phi) is 6.36. The molecule has 156 valence electrons. The summed E-state index contributed by atoms with van der Waals surface area (Å²) in [5.74, 6) is -1.50. The number of carbonyl (C=O) groups excluding carboxylic acids is 2. The van der Waals surface area contributed by atoms with Crippen molar-refractivity contribution >= 4 is 61.9 Å². The maximum Gasteiger partial charge on any atom is 0.266 e. The number of primary sulfonamides is 1. The van der Waals surface area contributed by atoms with Gasteiger partial charge in [-0.3, -0.25) is 14.5 Å². The smallest absolute Gasteiger partial charge is 0.266 e. The van der Waals surface area contributed by atoms with Crippen molar-refractivity contribution in [3.8, 4) is 0 Å². The Hall–Kier alpha value is -2.60. The molecule has 3 rings (SSSR count). The zero-order valence-corrected chi connectivity index (χ0v) is 18.0. The number of amides is 2. The number of benzene rings is 2. The van der Waals surface area contributed by atoms with Gasteiger partial charge in [0.1, 0.15) is 16.2 Å². The first kappa shape index (κ1) is 22.1. The highest BCUT2D eigenvalue weighted by atomic mass is 32.2. The van der Waals surface area contributed by atoms with Gasteiger partial charge in [-0.2, -0.15) is 0 Å². The normalized spacial score (nSPS) is 16.8. The van der Waals surface area contributed by atoms with E-state index in [4.69, 9.17) is 17.4 Å². The van der Waals surface area contributed by atoms with Gasteiger partial charge in [0.15, 0.2) is 0 Å². The van der Waals surface area contributed by atoms with Gasteiger partial charge in [-0.25, -0.2) is 17.9 Å². The van der Waals surface area contributed by atoms with Crippen LogP contribution in [0.4, 0.5) is 10.1 Å². The van der Waals surface area contributed by atoms with E-state index in [-0.39, 0.29) is 19.7 Å². The van der Waals surface area contributed by atoms with Crippen LogP contribution in [-0.4, -0.2) is 35.5 Å². The monoisotopic (exact) mass is 465 g/mol. The zero-order chi connectivity index (χ0) is 22.1. The summed E-state index contributed by atoms with van der Waals surface area (Å²) in [5.41, 5.74) is 0.566. The van der Waals surface area contributed by atoms with E-state index in [2.05, 4.69) is 5.32 Å². The molecule has 0 aromatic heterocycles. The summed E-state index contributed by atoms with van der Waals surface area (Å²) in [6.07, 6.45) is 1.39. The molecular weight excluding hydrogens is 449 g/mol. The zero-order valence-electron chi connectivity index (χ0n) is 15.5. The number of hydrogen-bond acceptors (Lipinski definition) is 6. The minimum absolute atomic E-state index is 0.0937. The highest BCUT2D eigenvalue weighted by Gasteiger charge is 2.38. The fourth-order valence-corrected chi connectivity index (χ4v) is 4.56. The molecule has 1 fully saturated rings. The van der Waals surface area contributed by atoms with Crippen LogP contribution < -0.4 is 10.5 Å². The Labute approximate surface area is 182 Å². The van der Waals surface area contributed by atoms with Crippen molar-refractivity contribution in [3.05, 3.63) is 64.8 Å². The summed E-state index contributed by atoms with van der Waals surface area (Å²) >= 11 is 6.22. The van der Waals surface area contributed by atoms with Gasteiger partial charge in [-0.1, -0.05) is 42.2 Å². The molecule has 0 aliphatic carbocycles. The van der Waals surface area contributed by atoms with Crippen molar-refractivity contribution < 1.29 is 22.4 Å². The van der Waals surface area contributed by atoms with Crippen molar-refractivity contribution in [2.24, 2.45) is 5.14 Å². The van der Waals surface area contributed by atoms with E-state index >= 15 is 0 Å².